The fourth-order valence-electron chi connectivity index (χ4n) is 1.24. The first-order valence-corrected chi connectivity index (χ1v) is 5.38. The number of ketones is 1. The van der Waals surface area contributed by atoms with Gasteiger partial charge < -0.3 is 4.74 Å². The summed E-state index contributed by atoms with van der Waals surface area (Å²) < 4.78 is 5.50. The summed E-state index contributed by atoms with van der Waals surface area (Å²) in [4.78, 5) is 11.3. The predicted octanol–water partition coefficient (Wildman–Crippen LogP) is 3.39. The van der Waals surface area contributed by atoms with Gasteiger partial charge in [0.05, 0.1) is 5.02 Å². The Morgan fingerprint density at radius 1 is 1.53 bits per heavy atom. The number of hydrogen-bond acceptors (Lipinski definition) is 2. The van der Waals surface area contributed by atoms with Gasteiger partial charge in [-0.15, -0.1) is 0 Å². The highest BCUT2D eigenvalue weighted by molar-refractivity contribution is 6.32. The smallest absolute Gasteiger partial charge is 0.172 e. The molecule has 15 heavy (non-hydrogen) atoms. The van der Waals surface area contributed by atoms with Gasteiger partial charge >= 0.3 is 0 Å². The number of hydrogen-bond donors (Lipinski definition) is 0. The van der Waals surface area contributed by atoms with Crippen molar-refractivity contribution in [2.24, 2.45) is 0 Å². The highest BCUT2D eigenvalue weighted by Crippen LogP contribution is 2.26. The monoisotopic (exact) mass is 226 g/mol. The second-order valence-corrected chi connectivity index (χ2v) is 3.92. The molecule has 0 bridgehead atoms. The van der Waals surface area contributed by atoms with Crippen LogP contribution in [0.5, 0.6) is 5.75 Å². The number of Topliss-reactive ketones (excluding diaryl/α,β-unsaturated/α-hetero) is 1. The van der Waals surface area contributed by atoms with Gasteiger partial charge in [0, 0.05) is 6.42 Å². The lowest BCUT2D eigenvalue weighted by Gasteiger charge is -2.14. The van der Waals surface area contributed by atoms with Crippen molar-refractivity contribution < 1.29 is 9.53 Å². The van der Waals surface area contributed by atoms with Crippen molar-refractivity contribution >= 4 is 17.4 Å². The number of ether oxygens (including phenoxy) is 1. The van der Waals surface area contributed by atoms with Gasteiger partial charge in [0.15, 0.2) is 11.9 Å². The molecule has 0 N–H and O–H groups in total. The molecule has 1 unspecified atom stereocenters. The minimum absolute atomic E-state index is 0.0765. The third kappa shape index (κ3) is 3.24. The third-order valence-electron chi connectivity index (χ3n) is 2.19. The van der Waals surface area contributed by atoms with Crippen LogP contribution in [0, 0.1) is 6.92 Å². The first-order chi connectivity index (χ1) is 7.04. The quantitative estimate of drug-likeness (QED) is 0.787. The Kier molecular flexibility index (Phi) is 4.15. The van der Waals surface area contributed by atoms with Crippen LogP contribution < -0.4 is 4.74 Å². The van der Waals surface area contributed by atoms with Gasteiger partial charge in [0.2, 0.25) is 0 Å². The molecule has 82 valence electrons. The van der Waals surface area contributed by atoms with Crippen LogP contribution in [0.25, 0.3) is 0 Å². The van der Waals surface area contributed by atoms with Gasteiger partial charge in [-0.3, -0.25) is 4.79 Å². The largest absolute Gasteiger partial charge is 0.481 e. The number of benzene rings is 1. The van der Waals surface area contributed by atoms with Crippen molar-refractivity contribution in [3.05, 3.63) is 28.8 Å². The normalized spacial score (nSPS) is 12.3. The van der Waals surface area contributed by atoms with Crippen molar-refractivity contribution in [2.45, 2.75) is 33.3 Å². The highest BCUT2D eigenvalue weighted by atomic mass is 35.5. The molecular weight excluding hydrogens is 212 g/mol. The summed E-state index contributed by atoms with van der Waals surface area (Å²) in [5, 5.41) is 0.538. The standard InChI is InChI=1S/C12H15ClO2/c1-4-11(14)9(3)15-12-7-8(2)5-6-10(12)13/h5-7,9H,4H2,1-3H3. The predicted molar refractivity (Wildman–Crippen MR) is 61.6 cm³/mol. The van der Waals surface area contributed by atoms with Crippen LogP contribution in [0.2, 0.25) is 5.02 Å². The molecule has 0 amide bonds. The summed E-state index contributed by atoms with van der Waals surface area (Å²) in [5.74, 6) is 0.651. The van der Waals surface area contributed by atoms with Crippen molar-refractivity contribution in [3.63, 3.8) is 0 Å². The third-order valence-corrected chi connectivity index (χ3v) is 2.50. The van der Waals surface area contributed by atoms with Crippen LogP contribution in [0.3, 0.4) is 0 Å². The summed E-state index contributed by atoms with van der Waals surface area (Å²) in [6, 6.07) is 5.51. The van der Waals surface area contributed by atoms with Crippen LogP contribution in [0.4, 0.5) is 0 Å². The molecule has 0 aliphatic rings. The molecule has 2 nitrogen and oxygen atoms in total. The average Bonchev–Trinajstić information content (AvgIpc) is 2.22. The Balaban J connectivity index is 2.80. The van der Waals surface area contributed by atoms with E-state index >= 15 is 0 Å². The molecule has 0 aromatic heterocycles. The average molecular weight is 227 g/mol. The van der Waals surface area contributed by atoms with Crippen molar-refractivity contribution in [3.8, 4) is 5.75 Å². The fraction of sp³-hybridized carbons (Fsp3) is 0.417. The molecule has 1 atom stereocenters. The molecule has 0 heterocycles. The van der Waals surface area contributed by atoms with E-state index in [9.17, 15) is 4.79 Å². The Morgan fingerprint density at radius 3 is 2.80 bits per heavy atom. The molecule has 0 saturated heterocycles. The van der Waals surface area contributed by atoms with Gasteiger partial charge in [-0.05, 0) is 31.5 Å². The van der Waals surface area contributed by atoms with Crippen molar-refractivity contribution in [1.82, 2.24) is 0 Å². The first-order valence-electron chi connectivity index (χ1n) is 5.00. The lowest BCUT2D eigenvalue weighted by atomic mass is 10.2. The van der Waals surface area contributed by atoms with E-state index < -0.39 is 6.10 Å². The number of carbonyl (C=O) groups excluding carboxylic acids is 1. The first kappa shape index (κ1) is 12.1. The zero-order valence-corrected chi connectivity index (χ0v) is 9.97. The van der Waals surface area contributed by atoms with Crippen LogP contribution in [0.15, 0.2) is 18.2 Å². The van der Waals surface area contributed by atoms with Crippen molar-refractivity contribution in [1.29, 1.82) is 0 Å². The molecule has 3 heteroatoms. The van der Waals surface area contributed by atoms with Gasteiger partial charge in [0.1, 0.15) is 5.75 Å². The van der Waals surface area contributed by atoms with E-state index in [4.69, 9.17) is 16.3 Å². The van der Waals surface area contributed by atoms with Gasteiger partial charge in [-0.2, -0.15) is 0 Å². The molecule has 1 rings (SSSR count). The van der Waals surface area contributed by atoms with E-state index in [2.05, 4.69) is 0 Å². The van der Waals surface area contributed by atoms with Crippen LogP contribution in [-0.4, -0.2) is 11.9 Å². The second kappa shape index (κ2) is 5.17. The van der Waals surface area contributed by atoms with Crippen molar-refractivity contribution in [2.75, 3.05) is 0 Å². The SMILES string of the molecule is CCC(=O)C(C)Oc1cc(C)ccc1Cl. The lowest BCUT2D eigenvalue weighted by molar-refractivity contribution is -0.124. The van der Waals surface area contributed by atoms with Crippen LogP contribution in [0.1, 0.15) is 25.8 Å². The molecule has 0 spiro atoms. The minimum Gasteiger partial charge on any atom is -0.481 e. The summed E-state index contributed by atoms with van der Waals surface area (Å²) in [5.41, 5.74) is 1.06. The molecule has 0 saturated carbocycles. The fourth-order valence-corrected chi connectivity index (χ4v) is 1.41. The zero-order valence-electron chi connectivity index (χ0n) is 9.21. The van der Waals surface area contributed by atoms with E-state index in [1.807, 2.05) is 26.0 Å². The summed E-state index contributed by atoms with van der Waals surface area (Å²) in [7, 11) is 0. The summed E-state index contributed by atoms with van der Waals surface area (Å²) in [6.45, 7) is 5.51. The van der Waals surface area contributed by atoms with E-state index in [0.717, 1.165) is 5.56 Å². The van der Waals surface area contributed by atoms with E-state index in [1.54, 1.807) is 13.0 Å². The molecule has 0 fully saturated rings. The number of halogens is 1. The topological polar surface area (TPSA) is 26.3 Å². The molecular formula is C12H15ClO2. The van der Waals surface area contributed by atoms with Gasteiger partial charge in [-0.25, -0.2) is 0 Å². The lowest BCUT2D eigenvalue weighted by Crippen LogP contribution is -2.22. The molecule has 1 aromatic rings. The minimum atomic E-state index is -0.436. The Morgan fingerprint density at radius 2 is 2.20 bits per heavy atom. The summed E-state index contributed by atoms with van der Waals surface area (Å²) in [6.07, 6.45) is 0.0410. The maximum Gasteiger partial charge on any atom is 0.172 e. The molecule has 0 radical (unpaired) electrons. The Hall–Kier alpha value is -1.02. The number of rotatable bonds is 4. The molecule has 0 aliphatic heterocycles. The number of carbonyl (C=O) groups is 1. The second-order valence-electron chi connectivity index (χ2n) is 3.51. The van der Waals surface area contributed by atoms with E-state index in [1.165, 1.54) is 0 Å². The van der Waals surface area contributed by atoms with E-state index in [0.29, 0.717) is 17.2 Å². The number of aryl methyl sites for hydroxylation is 1. The zero-order chi connectivity index (χ0) is 11.4. The van der Waals surface area contributed by atoms with Gasteiger partial charge in [-0.1, -0.05) is 24.6 Å². The molecule has 0 aliphatic carbocycles. The maximum atomic E-state index is 11.3. The Bertz CT molecular complexity index is 361. The Labute approximate surface area is 95.2 Å². The van der Waals surface area contributed by atoms with Gasteiger partial charge in [0.25, 0.3) is 0 Å². The van der Waals surface area contributed by atoms with Crippen LogP contribution in [-0.2, 0) is 4.79 Å². The van der Waals surface area contributed by atoms with Crippen LogP contribution >= 0.6 is 11.6 Å². The molecule has 1 aromatic carbocycles. The summed E-state index contributed by atoms with van der Waals surface area (Å²) >= 11 is 5.95. The maximum absolute atomic E-state index is 11.3. The van der Waals surface area contributed by atoms with E-state index in [-0.39, 0.29) is 5.78 Å². The highest BCUT2D eigenvalue weighted by Gasteiger charge is 2.13.